The number of hydrogen-bond acceptors (Lipinski definition) is 2. The quantitative estimate of drug-likeness (QED) is 0.833. The lowest BCUT2D eigenvalue weighted by Crippen LogP contribution is -2.28. The number of benzene rings is 1. The van der Waals surface area contributed by atoms with Gasteiger partial charge in [0, 0.05) is 14.0 Å². The molecule has 0 N–H and O–H groups in total. The first kappa shape index (κ1) is 14.3. The van der Waals surface area contributed by atoms with Gasteiger partial charge in [-0.05, 0) is 24.3 Å². The maximum absolute atomic E-state index is 12.3. The molecule has 0 spiro atoms. The van der Waals surface area contributed by atoms with Crippen LogP contribution in [0.4, 0.5) is 13.2 Å². The summed E-state index contributed by atoms with van der Waals surface area (Å²) < 4.78 is 42.1. The number of hydrogen-bond donors (Lipinski definition) is 0. The molecule has 0 fully saturated rings. The van der Waals surface area contributed by atoms with Crippen LogP contribution < -0.4 is 4.74 Å². The van der Waals surface area contributed by atoms with Gasteiger partial charge in [0.15, 0.2) is 0 Å². The number of rotatable bonds is 4. The Hall–Kier alpha value is -1.72. The molecule has 0 aliphatic rings. The molecule has 0 aliphatic heterocycles. The van der Waals surface area contributed by atoms with Crippen molar-refractivity contribution in [2.24, 2.45) is 0 Å². The molecule has 0 bridgehead atoms. The molecule has 1 rings (SSSR count). The molecule has 6 heteroatoms. The van der Waals surface area contributed by atoms with Crippen LogP contribution >= 0.6 is 0 Å². The molecule has 0 atom stereocenters. The first-order valence-electron chi connectivity index (χ1n) is 5.32. The largest absolute Gasteiger partial charge is 0.492 e. The van der Waals surface area contributed by atoms with Crippen LogP contribution in [0.25, 0.3) is 0 Å². The lowest BCUT2D eigenvalue weighted by Gasteiger charge is -2.15. The molecule has 100 valence electrons. The van der Waals surface area contributed by atoms with E-state index < -0.39 is 11.7 Å². The molecule has 0 heterocycles. The third-order valence-corrected chi connectivity index (χ3v) is 2.41. The number of amides is 1. The Balaban J connectivity index is 2.47. The van der Waals surface area contributed by atoms with E-state index >= 15 is 0 Å². The van der Waals surface area contributed by atoms with Crippen LogP contribution in [0.1, 0.15) is 12.5 Å². The monoisotopic (exact) mass is 261 g/mol. The summed E-state index contributed by atoms with van der Waals surface area (Å²) in [6, 6.07) is 4.45. The van der Waals surface area contributed by atoms with Gasteiger partial charge in [0.25, 0.3) is 0 Å². The third-order valence-electron chi connectivity index (χ3n) is 2.41. The van der Waals surface area contributed by atoms with Crippen LogP contribution in [-0.4, -0.2) is 31.0 Å². The SMILES string of the molecule is CC(=O)N(C)CCOc1ccc(C(F)(F)F)cc1. The molecule has 3 nitrogen and oxygen atoms in total. The van der Waals surface area contributed by atoms with Gasteiger partial charge in [-0.25, -0.2) is 0 Å². The summed E-state index contributed by atoms with van der Waals surface area (Å²) in [5.74, 6) is 0.256. The van der Waals surface area contributed by atoms with Gasteiger partial charge in [0.2, 0.25) is 5.91 Å². The molecule has 1 amide bonds. The number of alkyl halides is 3. The third kappa shape index (κ3) is 4.27. The summed E-state index contributed by atoms with van der Waals surface area (Å²) >= 11 is 0. The standard InChI is InChI=1S/C12H14F3NO2/c1-9(17)16(2)7-8-18-11-5-3-10(4-6-11)12(13,14)15/h3-6H,7-8H2,1-2H3. The second kappa shape index (κ2) is 5.75. The summed E-state index contributed by atoms with van der Waals surface area (Å²) in [6.07, 6.45) is -4.34. The highest BCUT2D eigenvalue weighted by Gasteiger charge is 2.29. The van der Waals surface area contributed by atoms with Crippen LogP contribution in [0.5, 0.6) is 5.75 Å². The van der Waals surface area contributed by atoms with E-state index in [1.807, 2.05) is 0 Å². The van der Waals surface area contributed by atoms with E-state index in [1.54, 1.807) is 7.05 Å². The minimum Gasteiger partial charge on any atom is -0.492 e. The van der Waals surface area contributed by atoms with E-state index in [9.17, 15) is 18.0 Å². The minimum atomic E-state index is -4.34. The summed E-state index contributed by atoms with van der Waals surface area (Å²) in [4.78, 5) is 12.3. The Morgan fingerprint density at radius 2 is 1.83 bits per heavy atom. The molecule has 0 saturated heterocycles. The highest BCUT2D eigenvalue weighted by molar-refractivity contribution is 5.72. The average Bonchev–Trinajstić information content (AvgIpc) is 2.28. The first-order valence-corrected chi connectivity index (χ1v) is 5.32. The Labute approximate surface area is 103 Å². The summed E-state index contributed by atoms with van der Waals surface area (Å²) in [5, 5.41) is 0. The minimum absolute atomic E-state index is 0.0916. The lowest BCUT2D eigenvalue weighted by molar-refractivity contribution is -0.137. The molecular weight excluding hydrogens is 247 g/mol. The number of ether oxygens (including phenoxy) is 1. The zero-order valence-electron chi connectivity index (χ0n) is 10.1. The first-order chi connectivity index (χ1) is 8.30. The molecular formula is C12H14F3NO2. The van der Waals surface area contributed by atoms with Crippen LogP contribution in [0, 0.1) is 0 Å². The second-order valence-electron chi connectivity index (χ2n) is 3.81. The number of carbonyl (C=O) groups is 1. The van der Waals surface area contributed by atoms with Crippen molar-refractivity contribution in [3.05, 3.63) is 29.8 Å². The van der Waals surface area contributed by atoms with Crippen molar-refractivity contribution in [1.29, 1.82) is 0 Å². The number of halogens is 3. The van der Waals surface area contributed by atoms with Crippen LogP contribution in [0.3, 0.4) is 0 Å². The molecule has 0 aliphatic carbocycles. The van der Waals surface area contributed by atoms with Crippen molar-refractivity contribution >= 4 is 5.91 Å². The summed E-state index contributed by atoms with van der Waals surface area (Å²) in [5.41, 5.74) is -0.712. The molecule has 18 heavy (non-hydrogen) atoms. The normalized spacial score (nSPS) is 11.2. The molecule has 1 aromatic carbocycles. The smallest absolute Gasteiger partial charge is 0.416 e. The second-order valence-corrected chi connectivity index (χ2v) is 3.81. The Morgan fingerprint density at radius 1 is 1.28 bits per heavy atom. The van der Waals surface area contributed by atoms with E-state index in [-0.39, 0.29) is 12.5 Å². The highest BCUT2D eigenvalue weighted by atomic mass is 19.4. The van der Waals surface area contributed by atoms with Gasteiger partial charge < -0.3 is 9.64 Å². The van der Waals surface area contributed by atoms with Gasteiger partial charge in [-0.2, -0.15) is 13.2 Å². The van der Waals surface area contributed by atoms with Crippen molar-refractivity contribution in [1.82, 2.24) is 4.90 Å². The fourth-order valence-electron chi connectivity index (χ4n) is 1.20. The molecule has 1 aromatic rings. The van der Waals surface area contributed by atoms with Crippen LogP contribution in [-0.2, 0) is 11.0 Å². The maximum Gasteiger partial charge on any atom is 0.416 e. The van der Waals surface area contributed by atoms with Gasteiger partial charge in [0.05, 0.1) is 12.1 Å². The number of carbonyl (C=O) groups excluding carboxylic acids is 1. The van der Waals surface area contributed by atoms with Gasteiger partial charge in [-0.1, -0.05) is 0 Å². The molecule has 0 unspecified atom stereocenters. The van der Waals surface area contributed by atoms with Crippen molar-refractivity contribution in [2.45, 2.75) is 13.1 Å². The topological polar surface area (TPSA) is 29.5 Å². The van der Waals surface area contributed by atoms with Gasteiger partial charge in [-0.15, -0.1) is 0 Å². The Bertz CT molecular complexity index is 401. The zero-order valence-corrected chi connectivity index (χ0v) is 10.1. The fraction of sp³-hybridized carbons (Fsp3) is 0.417. The van der Waals surface area contributed by atoms with Crippen molar-refractivity contribution in [3.63, 3.8) is 0 Å². The van der Waals surface area contributed by atoms with Crippen LogP contribution in [0.15, 0.2) is 24.3 Å². The fourth-order valence-corrected chi connectivity index (χ4v) is 1.20. The van der Waals surface area contributed by atoms with Crippen molar-refractivity contribution in [2.75, 3.05) is 20.2 Å². The Morgan fingerprint density at radius 3 is 2.28 bits per heavy atom. The van der Waals surface area contributed by atoms with E-state index in [0.717, 1.165) is 12.1 Å². The maximum atomic E-state index is 12.3. The lowest BCUT2D eigenvalue weighted by atomic mass is 10.2. The van der Waals surface area contributed by atoms with Gasteiger partial charge in [0.1, 0.15) is 12.4 Å². The average molecular weight is 261 g/mol. The van der Waals surface area contributed by atoms with Crippen molar-refractivity contribution in [3.8, 4) is 5.75 Å². The number of nitrogens with zero attached hydrogens (tertiary/aromatic N) is 1. The van der Waals surface area contributed by atoms with Gasteiger partial charge in [-0.3, -0.25) is 4.79 Å². The van der Waals surface area contributed by atoms with E-state index in [4.69, 9.17) is 4.74 Å². The molecule has 0 aromatic heterocycles. The van der Waals surface area contributed by atoms with E-state index in [0.29, 0.717) is 12.3 Å². The highest BCUT2D eigenvalue weighted by Crippen LogP contribution is 2.30. The predicted octanol–water partition coefficient (Wildman–Crippen LogP) is 2.56. The van der Waals surface area contributed by atoms with Crippen LogP contribution in [0.2, 0.25) is 0 Å². The predicted molar refractivity (Wildman–Crippen MR) is 60.3 cm³/mol. The van der Waals surface area contributed by atoms with Crippen molar-refractivity contribution < 1.29 is 22.7 Å². The number of likely N-dealkylation sites (N-methyl/N-ethyl adjacent to an activating group) is 1. The van der Waals surface area contributed by atoms with Gasteiger partial charge >= 0.3 is 6.18 Å². The molecule has 0 radical (unpaired) electrons. The molecule has 0 saturated carbocycles. The van der Waals surface area contributed by atoms with E-state index in [1.165, 1.54) is 24.0 Å². The Kier molecular flexibility index (Phi) is 4.58. The zero-order chi connectivity index (χ0) is 13.8. The van der Waals surface area contributed by atoms with E-state index in [2.05, 4.69) is 0 Å². The summed E-state index contributed by atoms with van der Waals surface area (Å²) in [6.45, 7) is 2.05. The summed E-state index contributed by atoms with van der Waals surface area (Å²) in [7, 11) is 1.62.